The third-order valence-corrected chi connectivity index (χ3v) is 5.82. The van der Waals surface area contributed by atoms with Crippen molar-refractivity contribution in [2.45, 2.75) is 64.3 Å². The van der Waals surface area contributed by atoms with Gasteiger partial charge in [-0.2, -0.15) is 13.2 Å². The second-order valence-electron chi connectivity index (χ2n) is 8.26. The molecule has 4 nitrogen and oxygen atoms in total. The zero-order valence-electron chi connectivity index (χ0n) is 16.7. The van der Waals surface area contributed by atoms with E-state index in [1.54, 1.807) is 27.7 Å². The number of alkyl halides is 3. The number of amides is 1. The van der Waals surface area contributed by atoms with E-state index in [1.807, 2.05) is 0 Å². The fraction of sp³-hybridized carbons (Fsp3) is 0.550. The molecule has 0 saturated heterocycles. The molecular weight excluding hydrogens is 427 g/mol. The Labute approximate surface area is 177 Å². The van der Waals surface area contributed by atoms with Gasteiger partial charge in [-0.15, -0.1) is 11.3 Å². The predicted octanol–water partition coefficient (Wildman–Crippen LogP) is 6.17. The van der Waals surface area contributed by atoms with Crippen LogP contribution in [0.2, 0.25) is 4.34 Å². The quantitative estimate of drug-likeness (QED) is 0.552. The summed E-state index contributed by atoms with van der Waals surface area (Å²) in [6.07, 6.45) is -3.50. The van der Waals surface area contributed by atoms with Gasteiger partial charge in [-0.3, -0.25) is 0 Å². The van der Waals surface area contributed by atoms with Gasteiger partial charge in [0.05, 0.1) is 22.0 Å². The Hall–Kier alpha value is -1.51. The average Bonchev–Trinajstić information content (AvgIpc) is 2.87. The molecular formula is C20H25ClF3NO3S. The number of ether oxygens (including phenoxy) is 1. The van der Waals surface area contributed by atoms with Crippen LogP contribution in [-0.2, 0) is 17.3 Å². The minimum absolute atomic E-state index is 0.278. The number of alkyl carbamates (subject to hydrolysis) is 1. The Morgan fingerprint density at radius 2 is 1.90 bits per heavy atom. The summed E-state index contributed by atoms with van der Waals surface area (Å²) in [6.45, 7) is 6.67. The van der Waals surface area contributed by atoms with Crippen LogP contribution < -0.4 is 5.32 Å². The number of carbonyl (C=O) groups is 1. The Bertz CT molecular complexity index is 876. The van der Waals surface area contributed by atoms with Gasteiger partial charge in [-0.05, 0) is 70.0 Å². The monoisotopic (exact) mass is 451 g/mol. The number of benzene rings is 1. The lowest BCUT2D eigenvalue weighted by Crippen LogP contribution is -2.50. The second-order valence-corrected chi connectivity index (χ2v) is 9.92. The second kappa shape index (κ2) is 8.70. The predicted molar refractivity (Wildman–Crippen MR) is 110 cm³/mol. The van der Waals surface area contributed by atoms with Crippen LogP contribution in [-0.4, -0.2) is 28.9 Å². The number of rotatable bonds is 6. The van der Waals surface area contributed by atoms with Crippen molar-refractivity contribution < 1.29 is 27.8 Å². The molecule has 1 amide bonds. The van der Waals surface area contributed by atoms with Gasteiger partial charge < -0.3 is 15.2 Å². The first-order chi connectivity index (χ1) is 13.2. The van der Waals surface area contributed by atoms with Crippen molar-refractivity contribution in [3.05, 3.63) is 33.7 Å². The topological polar surface area (TPSA) is 58.6 Å². The maximum atomic E-state index is 12.9. The van der Waals surface area contributed by atoms with E-state index < -0.39 is 29.0 Å². The van der Waals surface area contributed by atoms with Crippen molar-refractivity contribution in [2.75, 3.05) is 6.61 Å². The van der Waals surface area contributed by atoms with Gasteiger partial charge in [-0.1, -0.05) is 17.7 Å². The lowest BCUT2D eigenvalue weighted by molar-refractivity contribution is -0.137. The molecule has 2 N–H and O–H groups in total. The first kappa shape index (κ1) is 23.8. The third-order valence-electron chi connectivity index (χ3n) is 4.38. The Morgan fingerprint density at radius 3 is 2.45 bits per heavy atom. The first-order valence-corrected chi connectivity index (χ1v) is 10.3. The van der Waals surface area contributed by atoms with E-state index in [2.05, 4.69) is 5.32 Å². The standard InChI is InChI=1S/C20H25ClF3NO3S/c1-18(2,3)28-17(27)25-19(4,11-26)9-5-6-14-13-8-7-12(20(22,23)24)10-15(13)29-16(14)21/h7-8,10,26H,5-6,9,11H2,1-4H3,(H,25,27)/t19-/m0/s1. The lowest BCUT2D eigenvalue weighted by Gasteiger charge is -2.30. The van der Waals surface area contributed by atoms with Crippen molar-refractivity contribution in [3.63, 3.8) is 0 Å². The number of thiophene rings is 1. The molecule has 0 aliphatic heterocycles. The number of nitrogens with one attached hydrogen (secondary N) is 1. The van der Waals surface area contributed by atoms with E-state index in [0.29, 0.717) is 33.7 Å². The largest absolute Gasteiger partial charge is 0.444 e. The number of hydrogen-bond donors (Lipinski definition) is 2. The molecule has 0 fully saturated rings. The molecule has 0 bridgehead atoms. The van der Waals surface area contributed by atoms with Crippen LogP contribution >= 0.6 is 22.9 Å². The summed E-state index contributed by atoms with van der Waals surface area (Å²) in [5.74, 6) is 0. The van der Waals surface area contributed by atoms with Crippen LogP contribution in [0, 0.1) is 0 Å². The minimum Gasteiger partial charge on any atom is -0.444 e. The van der Waals surface area contributed by atoms with Crippen molar-refractivity contribution in [3.8, 4) is 0 Å². The van der Waals surface area contributed by atoms with Crippen LogP contribution in [0.15, 0.2) is 18.2 Å². The maximum absolute atomic E-state index is 12.9. The van der Waals surface area contributed by atoms with Crippen LogP contribution in [0.25, 0.3) is 10.1 Å². The minimum atomic E-state index is -4.40. The highest BCUT2D eigenvalue weighted by molar-refractivity contribution is 7.22. The summed E-state index contributed by atoms with van der Waals surface area (Å²) in [4.78, 5) is 12.0. The average molecular weight is 452 g/mol. The zero-order valence-corrected chi connectivity index (χ0v) is 18.3. The van der Waals surface area contributed by atoms with Gasteiger partial charge in [0.2, 0.25) is 0 Å². The summed E-state index contributed by atoms with van der Waals surface area (Å²) in [5.41, 5.74) is -1.47. The van der Waals surface area contributed by atoms with Gasteiger partial charge in [0.25, 0.3) is 0 Å². The molecule has 162 valence electrons. The fourth-order valence-electron chi connectivity index (χ4n) is 2.92. The molecule has 0 spiro atoms. The summed E-state index contributed by atoms with van der Waals surface area (Å²) in [7, 11) is 0. The molecule has 1 aromatic carbocycles. The molecule has 1 atom stereocenters. The number of halogens is 4. The number of hydrogen-bond acceptors (Lipinski definition) is 4. The summed E-state index contributed by atoms with van der Waals surface area (Å²) < 4.78 is 44.9. The van der Waals surface area contributed by atoms with Gasteiger partial charge in [0.15, 0.2) is 0 Å². The van der Waals surface area contributed by atoms with Crippen LogP contribution in [0.5, 0.6) is 0 Å². The van der Waals surface area contributed by atoms with Gasteiger partial charge in [0, 0.05) is 4.70 Å². The molecule has 0 saturated carbocycles. The molecule has 9 heteroatoms. The summed E-state index contributed by atoms with van der Waals surface area (Å²) in [6, 6.07) is 3.61. The number of aryl methyl sites for hydroxylation is 1. The highest BCUT2D eigenvalue weighted by Crippen LogP contribution is 2.39. The van der Waals surface area contributed by atoms with Crippen molar-refractivity contribution >= 4 is 39.1 Å². The highest BCUT2D eigenvalue weighted by Gasteiger charge is 2.31. The zero-order chi connectivity index (χ0) is 22.0. The van der Waals surface area contributed by atoms with E-state index in [4.69, 9.17) is 16.3 Å². The fourth-order valence-corrected chi connectivity index (χ4v) is 4.38. The molecule has 1 aromatic heterocycles. The molecule has 0 unspecified atom stereocenters. The van der Waals surface area contributed by atoms with Gasteiger partial charge >= 0.3 is 12.3 Å². The Kier molecular flexibility index (Phi) is 7.13. The lowest BCUT2D eigenvalue weighted by atomic mass is 9.94. The molecule has 29 heavy (non-hydrogen) atoms. The van der Waals surface area contributed by atoms with Crippen molar-refractivity contribution in [1.29, 1.82) is 0 Å². The Balaban J connectivity index is 2.07. The smallest absolute Gasteiger partial charge is 0.416 e. The molecule has 0 radical (unpaired) electrons. The molecule has 0 aliphatic rings. The number of fused-ring (bicyclic) bond motifs is 1. The number of carbonyl (C=O) groups excluding carboxylic acids is 1. The van der Waals surface area contributed by atoms with Crippen molar-refractivity contribution in [1.82, 2.24) is 5.32 Å². The Morgan fingerprint density at radius 1 is 1.24 bits per heavy atom. The van der Waals surface area contributed by atoms with E-state index >= 15 is 0 Å². The van der Waals surface area contributed by atoms with Crippen LogP contribution in [0.3, 0.4) is 0 Å². The number of aliphatic hydroxyl groups excluding tert-OH is 1. The third kappa shape index (κ3) is 6.49. The highest BCUT2D eigenvalue weighted by atomic mass is 35.5. The van der Waals surface area contributed by atoms with E-state index in [-0.39, 0.29) is 6.61 Å². The van der Waals surface area contributed by atoms with Gasteiger partial charge in [0.1, 0.15) is 5.60 Å². The van der Waals surface area contributed by atoms with E-state index in [0.717, 1.165) is 29.0 Å². The van der Waals surface area contributed by atoms with Gasteiger partial charge in [-0.25, -0.2) is 4.79 Å². The van der Waals surface area contributed by atoms with Crippen LogP contribution in [0.4, 0.5) is 18.0 Å². The SMILES string of the molecule is CC(C)(C)OC(=O)N[C@](C)(CO)CCCc1c(Cl)sc2cc(C(F)(F)F)ccc12. The van der Waals surface area contributed by atoms with Crippen molar-refractivity contribution in [2.24, 2.45) is 0 Å². The normalized spacial score (nSPS) is 14.7. The molecule has 1 heterocycles. The van der Waals surface area contributed by atoms with E-state index in [1.165, 1.54) is 6.07 Å². The summed E-state index contributed by atoms with van der Waals surface area (Å²) in [5, 5.41) is 13.1. The maximum Gasteiger partial charge on any atom is 0.416 e. The summed E-state index contributed by atoms with van der Waals surface area (Å²) >= 11 is 7.39. The van der Waals surface area contributed by atoms with Crippen LogP contribution in [0.1, 0.15) is 51.7 Å². The van der Waals surface area contributed by atoms with E-state index in [9.17, 15) is 23.1 Å². The first-order valence-electron chi connectivity index (χ1n) is 9.14. The number of aliphatic hydroxyl groups is 1. The molecule has 0 aliphatic carbocycles. The molecule has 2 aromatic rings. The molecule has 2 rings (SSSR count).